The van der Waals surface area contributed by atoms with E-state index in [1.165, 1.54) is 34.5 Å². The van der Waals surface area contributed by atoms with Gasteiger partial charge < -0.3 is 5.11 Å². The topological polar surface area (TPSA) is 72.2 Å². The molecule has 0 bridgehead atoms. The number of para-hydroxylation sites is 1. The standard InChI is InChI=1S/C18H15FN2O3S/c19-12-5-3-6-13(11-12)21-17(24)14-7-1-2-8-15(14)20-18(21)25-10-4-9-16(22)23/h1-3,5-8,11H,4,9-10H2,(H,22,23). The number of halogens is 1. The first-order valence-electron chi connectivity index (χ1n) is 7.68. The molecule has 3 aromatic rings. The van der Waals surface area contributed by atoms with Gasteiger partial charge in [0.15, 0.2) is 5.16 Å². The Morgan fingerprint density at radius 2 is 2.00 bits per heavy atom. The van der Waals surface area contributed by atoms with Crippen LogP contribution in [0, 0.1) is 5.82 Å². The minimum absolute atomic E-state index is 0.0464. The summed E-state index contributed by atoms with van der Waals surface area (Å²) in [4.78, 5) is 28.1. The molecule has 0 saturated carbocycles. The van der Waals surface area contributed by atoms with Crippen molar-refractivity contribution in [2.45, 2.75) is 18.0 Å². The summed E-state index contributed by atoms with van der Waals surface area (Å²) in [6, 6.07) is 12.7. The molecule has 0 aliphatic carbocycles. The molecule has 0 amide bonds. The van der Waals surface area contributed by atoms with Gasteiger partial charge in [0.1, 0.15) is 5.82 Å². The van der Waals surface area contributed by atoms with Crippen molar-refractivity contribution in [2.24, 2.45) is 0 Å². The Kier molecular flexibility index (Phi) is 5.14. The molecule has 1 N–H and O–H groups in total. The van der Waals surface area contributed by atoms with Crippen LogP contribution in [0.1, 0.15) is 12.8 Å². The fourth-order valence-corrected chi connectivity index (χ4v) is 3.39. The van der Waals surface area contributed by atoms with Crippen LogP contribution in [-0.4, -0.2) is 26.4 Å². The number of carboxylic acids is 1. The van der Waals surface area contributed by atoms with Gasteiger partial charge >= 0.3 is 5.97 Å². The third kappa shape index (κ3) is 3.88. The lowest BCUT2D eigenvalue weighted by Gasteiger charge is -2.13. The van der Waals surface area contributed by atoms with E-state index in [0.717, 1.165) is 0 Å². The number of aromatic nitrogens is 2. The summed E-state index contributed by atoms with van der Waals surface area (Å²) in [5, 5.41) is 9.60. The van der Waals surface area contributed by atoms with E-state index in [1.807, 2.05) is 0 Å². The number of carbonyl (C=O) groups is 1. The van der Waals surface area contributed by atoms with E-state index in [-0.39, 0.29) is 12.0 Å². The highest BCUT2D eigenvalue weighted by Crippen LogP contribution is 2.22. The molecular formula is C18H15FN2O3S. The van der Waals surface area contributed by atoms with Crippen LogP contribution in [0.5, 0.6) is 0 Å². The Morgan fingerprint density at radius 3 is 2.76 bits per heavy atom. The summed E-state index contributed by atoms with van der Waals surface area (Å²) in [5.41, 5.74) is 0.668. The molecule has 0 saturated heterocycles. The van der Waals surface area contributed by atoms with Gasteiger partial charge in [-0.3, -0.25) is 14.2 Å². The van der Waals surface area contributed by atoms with Crippen LogP contribution in [0.15, 0.2) is 58.5 Å². The van der Waals surface area contributed by atoms with Crippen molar-refractivity contribution in [3.63, 3.8) is 0 Å². The third-order valence-electron chi connectivity index (χ3n) is 3.58. The van der Waals surface area contributed by atoms with Crippen LogP contribution in [0.3, 0.4) is 0 Å². The van der Waals surface area contributed by atoms with Crippen LogP contribution < -0.4 is 5.56 Å². The second-order valence-electron chi connectivity index (χ2n) is 5.38. The number of thioether (sulfide) groups is 1. The highest BCUT2D eigenvalue weighted by Gasteiger charge is 2.13. The number of rotatable bonds is 6. The average molecular weight is 358 g/mol. The Hall–Kier alpha value is -2.67. The molecule has 3 rings (SSSR count). The molecule has 0 radical (unpaired) electrons. The van der Waals surface area contributed by atoms with Crippen molar-refractivity contribution < 1.29 is 14.3 Å². The molecule has 0 unspecified atom stereocenters. The maximum atomic E-state index is 13.6. The zero-order valence-corrected chi connectivity index (χ0v) is 14.0. The summed E-state index contributed by atoms with van der Waals surface area (Å²) in [5.74, 6) is -0.819. The first-order valence-corrected chi connectivity index (χ1v) is 8.67. The number of fused-ring (bicyclic) bond motifs is 1. The molecule has 0 aliphatic heterocycles. The number of carboxylic acid groups (broad SMARTS) is 1. The number of aliphatic carboxylic acids is 1. The van der Waals surface area contributed by atoms with Gasteiger partial charge in [-0.25, -0.2) is 9.37 Å². The van der Waals surface area contributed by atoms with E-state index in [4.69, 9.17) is 5.11 Å². The van der Waals surface area contributed by atoms with E-state index < -0.39 is 11.8 Å². The van der Waals surface area contributed by atoms with Crippen molar-refractivity contribution >= 4 is 28.6 Å². The molecule has 1 heterocycles. The van der Waals surface area contributed by atoms with Gasteiger partial charge in [-0.05, 0) is 36.8 Å². The SMILES string of the molecule is O=C(O)CCCSc1nc2ccccc2c(=O)n1-c1cccc(F)c1. The van der Waals surface area contributed by atoms with Gasteiger partial charge in [0.25, 0.3) is 5.56 Å². The van der Waals surface area contributed by atoms with Crippen LogP contribution in [-0.2, 0) is 4.79 Å². The first kappa shape index (κ1) is 17.2. The molecule has 0 fully saturated rings. The zero-order valence-electron chi connectivity index (χ0n) is 13.2. The molecule has 0 spiro atoms. The quantitative estimate of drug-likeness (QED) is 0.415. The zero-order chi connectivity index (χ0) is 17.8. The number of benzene rings is 2. The van der Waals surface area contributed by atoms with Gasteiger partial charge in [0.05, 0.1) is 16.6 Å². The molecule has 0 atom stereocenters. The Morgan fingerprint density at radius 1 is 1.20 bits per heavy atom. The fraction of sp³-hybridized carbons (Fsp3) is 0.167. The predicted molar refractivity (Wildman–Crippen MR) is 94.9 cm³/mol. The van der Waals surface area contributed by atoms with Gasteiger partial charge in [-0.2, -0.15) is 0 Å². The highest BCUT2D eigenvalue weighted by atomic mass is 32.2. The van der Waals surface area contributed by atoms with Crippen LogP contribution >= 0.6 is 11.8 Å². The number of hydrogen-bond donors (Lipinski definition) is 1. The molecule has 128 valence electrons. The minimum Gasteiger partial charge on any atom is -0.481 e. The summed E-state index contributed by atoms with van der Waals surface area (Å²) in [6.07, 6.45) is 0.497. The minimum atomic E-state index is -0.866. The number of nitrogens with zero attached hydrogens (tertiary/aromatic N) is 2. The predicted octanol–water partition coefficient (Wildman–Crippen LogP) is 3.48. The Balaban J connectivity index is 2.08. The summed E-state index contributed by atoms with van der Waals surface area (Å²) >= 11 is 1.28. The lowest BCUT2D eigenvalue weighted by molar-refractivity contribution is -0.137. The van der Waals surface area contributed by atoms with Gasteiger partial charge in [0, 0.05) is 12.2 Å². The second kappa shape index (κ2) is 7.48. The summed E-state index contributed by atoms with van der Waals surface area (Å²) < 4.78 is 15.0. The largest absolute Gasteiger partial charge is 0.481 e. The van der Waals surface area contributed by atoms with Crippen molar-refractivity contribution in [2.75, 3.05) is 5.75 Å². The molecule has 0 aliphatic rings. The van der Waals surface area contributed by atoms with E-state index in [0.29, 0.717) is 33.9 Å². The van der Waals surface area contributed by atoms with Crippen molar-refractivity contribution in [3.05, 3.63) is 64.7 Å². The fourth-order valence-electron chi connectivity index (χ4n) is 2.44. The van der Waals surface area contributed by atoms with E-state index in [1.54, 1.807) is 30.3 Å². The molecule has 25 heavy (non-hydrogen) atoms. The summed E-state index contributed by atoms with van der Waals surface area (Å²) in [6.45, 7) is 0. The van der Waals surface area contributed by atoms with Gasteiger partial charge in [-0.15, -0.1) is 0 Å². The maximum absolute atomic E-state index is 13.6. The average Bonchev–Trinajstić information content (AvgIpc) is 2.59. The lowest BCUT2D eigenvalue weighted by atomic mass is 10.2. The molecule has 1 aromatic heterocycles. The van der Waals surface area contributed by atoms with Crippen molar-refractivity contribution in [1.82, 2.24) is 9.55 Å². The normalized spacial score (nSPS) is 10.9. The van der Waals surface area contributed by atoms with Crippen molar-refractivity contribution in [3.8, 4) is 5.69 Å². The van der Waals surface area contributed by atoms with Crippen molar-refractivity contribution in [1.29, 1.82) is 0 Å². The summed E-state index contributed by atoms with van der Waals surface area (Å²) in [7, 11) is 0. The lowest BCUT2D eigenvalue weighted by Crippen LogP contribution is -2.22. The molecule has 7 heteroatoms. The second-order valence-corrected chi connectivity index (χ2v) is 6.44. The Bertz CT molecular complexity index is 987. The number of hydrogen-bond acceptors (Lipinski definition) is 4. The van der Waals surface area contributed by atoms with Crippen LogP contribution in [0.2, 0.25) is 0 Å². The smallest absolute Gasteiger partial charge is 0.303 e. The van der Waals surface area contributed by atoms with E-state index in [2.05, 4.69) is 4.98 Å². The van der Waals surface area contributed by atoms with Gasteiger partial charge in [-0.1, -0.05) is 30.0 Å². The van der Waals surface area contributed by atoms with E-state index in [9.17, 15) is 14.0 Å². The van der Waals surface area contributed by atoms with Crippen LogP contribution in [0.25, 0.3) is 16.6 Å². The van der Waals surface area contributed by atoms with Gasteiger partial charge in [0.2, 0.25) is 0 Å². The molecule has 2 aromatic carbocycles. The first-order chi connectivity index (χ1) is 12.1. The molecule has 5 nitrogen and oxygen atoms in total. The monoisotopic (exact) mass is 358 g/mol. The maximum Gasteiger partial charge on any atom is 0.303 e. The Labute approximate surface area is 147 Å². The molecular weight excluding hydrogens is 343 g/mol. The third-order valence-corrected chi connectivity index (χ3v) is 4.60. The van der Waals surface area contributed by atoms with Crippen LogP contribution in [0.4, 0.5) is 4.39 Å². The highest BCUT2D eigenvalue weighted by molar-refractivity contribution is 7.99. The van der Waals surface area contributed by atoms with E-state index >= 15 is 0 Å².